The van der Waals surface area contributed by atoms with Crippen LogP contribution in [0.3, 0.4) is 0 Å². The first-order valence-electron chi connectivity index (χ1n) is 5.89. The maximum Gasteiger partial charge on any atom is 0.277 e. The molecule has 108 valence electrons. The molecule has 0 aliphatic carbocycles. The minimum Gasteiger partial charge on any atom is -0.493 e. The lowest BCUT2D eigenvalue weighted by Crippen LogP contribution is -2.26. The molecule has 1 aromatic rings. The van der Waals surface area contributed by atoms with Crippen LogP contribution in [0, 0.1) is 0 Å². The van der Waals surface area contributed by atoms with Gasteiger partial charge in [-0.3, -0.25) is 9.59 Å². The van der Waals surface area contributed by atoms with E-state index >= 15 is 0 Å². The number of nitrogens with zero attached hydrogens (tertiary/aromatic N) is 1. The third kappa shape index (κ3) is 5.38. The van der Waals surface area contributed by atoms with Crippen LogP contribution in [0.4, 0.5) is 0 Å². The van der Waals surface area contributed by atoms with Crippen LogP contribution in [0.25, 0.3) is 0 Å². The Morgan fingerprint density at radius 2 is 1.95 bits per heavy atom. The number of hydrogen-bond acceptors (Lipinski definition) is 5. The zero-order valence-corrected chi connectivity index (χ0v) is 11.4. The Labute approximate surface area is 116 Å². The Morgan fingerprint density at radius 3 is 2.55 bits per heavy atom. The number of carbonyl (C=O) groups is 2. The molecule has 0 saturated heterocycles. The van der Waals surface area contributed by atoms with Gasteiger partial charge >= 0.3 is 0 Å². The average Bonchev–Trinajstić information content (AvgIpc) is 2.42. The molecule has 0 unspecified atom stereocenters. The van der Waals surface area contributed by atoms with Crippen LogP contribution in [0.1, 0.15) is 13.3 Å². The molecule has 3 N–H and O–H groups in total. The van der Waals surface area contributed by atoms with Crippen LogP contribution < -0.4 is 20.6 Å². The fourth-order valence-electron chi connectivity index (χ4n) is 1.36. The van der Waals surface area contributed by atoms with Gasteiger partial charge in [0.25, 0.3) is 5.91 Å². The van der Waals surface area contributed by atoms with E-state index in [2.05, 4.69) is 10.5 Å². The van der Waals surface area contributed by atoms with E-state index in [4.69, 9.17) is 15.2 Å². The van der Waals surface area contributed by atoms with E-state index in [1.54, 1.807) is 31.2 Å². The SMILES string of the molecule is COc1ccccc1OCC(=O)NN=C(C)CC(N)=O. The molecule has 7 heteroatoms. The van der Waals surface area contributed by atoms with Gasteiger partial charge in [0.15, 0.2) is 18.1 Å². The van der Waals surface area contributed by atoms with Gasteiger partial charge in [-0.25, -0.2) is 5.43 Å². The Kier molecular flexibility index (Phi) is 6.02. The Bertz CT molecular complexity index is 514. The van der Waals surface area contributed by atoms with Crippen molar-refractivity contribution in [2.75, 3.05) is 13.7 Å². The molecule has 0 aliphatic rings. The number of methoxy groups -OCH3 is 1. The number of rotatable bonds is 7. The number of hydrogen-bond donors (Lipinski definition) is 2. The quantitative estimate of drug-likeness (QED) is 0.558. The standard InChI is InChI=1S/C13H17N3O4/c1-9(7-12(14)17)15-16-13(18)8-20-11-6-4-3-5-10(11)19-2/h3-6H,7-8H2,1-2H3,(H2,14,17)(H,16,18). The highest BCUT2D eigenvalue weighted by atomic mass is 16.5. The molecule has 1 rings (SSSR count). The van der Waals surface area contributed by atoms with Gasteiger partial charge in [0.2, 0.25) is 5.91 Å². The van der Waals surface area contributed by atoms with E-state index in [1.165, 1.54) is 7.11 Å². The molecule has 0 aliphatic heterocycles. The number of benzene rings is 1. The topological polar surface area (TPSA) is 103 Å². The summed E-state index contributed by atoms with van der Waals surface area (Å²) in [5, 5.41) is 3.72. The molecule has 1 aromatic carbocycles. The average molecular weight is 279 g/mol. The van der Waals surface area contributed by atoms with Gasteiger partial charge < -0.3 is 15.2 Å². The molecule has 0 fully saturated rings. The minimum atomic E-state index is -0.509. The summed E-state index contributed by atoms with van der Waals surface area (Å²) in [4.78, 5) is 22.1. The van der Waals surface area contributed by atoms with Gasteiger partial charge in [-0.2, -0.15) is 5.10 Å². The predicted molar refractivity (Wildman–Crippen MR) is 73.6 cm³/mol. The summed E-state index contributed by atoms with van der Waals surface area (Å²) >= 11 is 0. The summed E-state index contributed by atoms with van der Waals surface area (Å²) in [5.41, 5.74) is 7.69. The summed E-state index contributed by atoms with van der Waals surface area (Å²) in [6.07, 6.45) is -0.00630. The number of para-hydroxylation sites is 2. The van der Waals surface area contributed by atoms with E-state index in [-0.39, 0.29) is 13.0 Å². The van der Waals surface area contributed by atoms with Crippen molar-refractivity contribution >= 4 is 17.5 Å². The zero-order chi connectivity index (χ0) is 15.0. The zero-order valence-electron chi connectivity index (χ0n) is 11.4. The molecule has 0 aromatic heterocycles. The molecule has 2 amide bonds. The van der Waals surface area contributed by atoms with Gasteiger partial charge in [-0.1, -0.05) is 12.1 Å². The summed E-state index contributed by atoms with van der Waals surface area (Å²) in [5.74, 6) is 0.0437. The number of primary amides is 1. The number of carbonyl (C=O) groups excluding carboxylic acids is 2. The monoisotopic (exact) mass is 279 g/mol. The molecule has 0 bridgehead atoms. The van der Waals surface area contributed by atoms with Crippen molar-refractivity contribution in [3.05, 3.63) is 24.3 Å². The lowest BCUT2D eigenvalue weighted by atomic mass is 10.3. The molecule has 0 spiro atoms. The first-order chi connectivity index (χ1) is 9.52. The normalized spacial score (nSPS) is 10.8. The summed E-state index contributed by atoms with van der Waals surface area (Å²) in [6, 6.07) is 6.98. The van der Waals surface area contributed by atoms with E-state index in [0.717, 1.165) is 0 Å². The summed E-state index contributed by atoms with van der Waals surface area (Å²) in [7, 11) is 1.51. The molecule has 7 nitrogen and oxygen atoms in total. The van der Waals surface area contributed by atoms with Crippen molar-refractivity contribution in [3.8, 4) is 11.5 Å². The highest BCUT2D eigenvalue weighted by Crippen LogP contribution is 2.25. The number of nitrogens with two attached hydrogens (primary N) is 1. The molecule has 0 heterocycles. The van der Waals surface area contributed by atoms with Crippen molar-refractivity contribution in [1.29, 1.82) is 0 Å². The van der Waals surface area contributed by atoms with Crippen molar-refractivity contribution in [2.45, 2.75) is 13.3 Å². The lowest BCUT2D eigenvalue weighted by molar-refractivity contribution is -0.123. The van der Waals surface area contributed by atoms with Crippen molar-refractivity contribution in [2.24, 2.45) is 10.8 Å². The maximum atomic E-state index is 11.5. The van der Waals surface area contributed by atoms with Gasteiger partial charge in [-0.15, -0.1) is 0 Å². The second-order valence-corrected chi connectivity index (χ2v) is 3.96. The first-order valence-corrected chi connectivity index (χ1v) is 5.89. The smallest absolute Gasteiger partial charge is 0.277 e. The van der Waals surface area contributed by atoms with E-state index in [1.807, 2.05) is 0 Å². The van der Waals surface area contributed by atoms with Crippen LogP contribution in [-0.4, -0.2) is 31.2 Å². The highest BCUT2D eigenvalue weighted by molar-refractivity contribution is 5.99. The highest BCUT2D eigenvalue weighted by Gasteiger charge is 2.06. The summed E-state index contributed by atoms with van der Waals surface area (Å²) in [6.45, 7) is 1.37. The Hall–Kier alpha value is -2.57. The Morgan fingerprint density at radius 1 is 1.30 bits per heavy atom. The van der Waals surface area contributed by atoms with Gasteiger partial charge in [-0.05, 0) is 19.1 Å². The van der Waals surface area contributed by atoms with Crippen LogP contribution in [0.15, 0.2) is 29.4 Å². The minimum absolute atomic E-state index is 0.00630. The molecule has 20 heavy (non-hydrogen) atoms. The molecule has 0 atom stereocenters. The number of ether oxygens (including phenoxy) is 2. The molecule has 0 saturated carbocycles. The molecule has 0 radical (unpaired) electrons. The van der Waals surface area contributed by atoms with Gasteiger partial charge in [0.05, 0.1) is 13.5 Å². The number of amides is 2. The summed E-state index contributed by atoms with van der Waals surface area (Å²) < 4.78 is 10.4. The van der Waals surface area contributed by atoms with Crippen molar-refractivity contribution in [1.82, 2.24) is 5.43 Å². The van der Waals surface area contributed by atoms with Crippen molar-refractivity contribution < 1.29 is 19.1 Å². The Balaban J connectivity index is 2.45. The lowest BCUT2D eigenvalue weighted by Gasteiger charge is -2.09. The van der Waals surface area contributed by atoms with Crippen molar-refractivity contribution in [3.63, 3.8) is 0 Å². The fourth-order valence-corrected chi connectivity index (χ4v) is 1.36. The second kappa shape index (κ2) is 7.78. The number of nitrogens with one attached hydrogen (secondary N) is 1. The fraction of sp³-hybridized carbons (Fsp3) is 0.308. The van der Waals surface area contributed by atoms with Crippen LogP contribution in [-0.2, 0) is 9.59 Å². The van der Waals surface area contributed by atoms with E-state index in [0.29, 0.717) is 17.2 Å². The van der Waals surface area contributed by atoms with Crippen LogP contribution in [0.2, 0.25) is 0 Å². The third-order valence-corrected chi connectivity index (χ3v) is 2.23. The van der Waals surface area contributed by atoms with Crippen LogP contribution >= 0.6 is 0 Å². The largest absolute Gasteiger partial charge is 0.493 e. The van der Waals surface area contributed by atoms with E-state index < -0.39 is 11.8 Å². The van der Waals surface area contributed by atoms with E-state index in [9.17, 15) is 9.59 Å². The van der Waals surface area contributed by atoms with Gasteiger partial charge in [0.1, 0.15) is 0 Å². The van der Waals surface area contributed by atoms with Gasteiger partial charge in [0, 0.05) is 5.71 Å². The third-order valence-electron chi connectivity index (χ3n) is 2.23. The maximum absolute atomic E-state index is 11.5. The second-order valence-electron chi connectivity index (χ2n) is 3.96. The molecular weight excluding hydrogens is 262 g/mol. The number of hydrazone groups is 1. The first kappa shape index (κ1) is 15.5. The van der Waals surface area contributed by atoms with Crippen LogP contribution in [0.5, 0.6) is 11.5 Å². The predicted octanol–water partition coefficient (Wildman–Crippen LogP) is 0.441. The molecular formula is C13H17N3O4.